The fourth-order valence-electron chi connectivity index (χ4n) is 4.87. The van der Waals surface area contributed by atoms with Gasteiger partial charge in [-0.2, -0.15) is 0 Å². The topological polar surface area (TPSA) is 49.5 Å². The van der Waals surface area contributed by atoms with Crippen molar-refractivity contribution in [3.63, 3.8) is 0 Å². The molecule has 160 valence electrons. The molecule has 0 spiro atoms. The molecule has 1 N–H and O–H groups in total. The zero-order valence-electron chi connectivity index (χ0n) is 17.8. The third-order valence-electron chi connectivity index (χ3n) is 6.31. The standard InChI is InChI=1S/C28H26N2O2/c31-27-16-18-30(21-22(27)20-26-17-19-32-29-26)28(23-10-4-1-5-11-23,24-12-6-2-7-13-24)25-14-8-3-9-15-25/h1-15,17,19-20,27,31H,16,18,21H2. The number of aromatic nitrogens is 1. The highest BCUT2D eigenvalue weighted by Crippen LogP contribution is 2.44. The van der Waals surface area contributed by atoms with Crippen LogP contribution in [0.25, 0.3) is 6.08 Å². The van der Waals surface area contributed by atoms with Gasteiger partial charge in [0.15, 0.2) is 0 Å². The van der Waals surface area contributed by atoms with E-state index in [4.69, 9.17) is 4.52 Å². The van der Waals surface area contributed by atoms with Crippen LogP contribution in [0.2, 0.25) is 0 Å². The smallest absolute Gasteiger partial charge is 0.124 e. The van der Waals surface area contributed by atoms with Crippen LogP contribution >= 0.6 is 0 Å². The van der Waals surface area contributed by atoms with Crippen molar-refractivity contribution >= 4 is 6.08 Å². The summed E-state index contributed by atoms with van der Waals surface area (Å²) in [6, 6.07) is 33.8. The molecule has 4 nitrogen and oxygen atoms in total. The van der Waals surface area contributed by atoms with Gasteiger partial charge < -0.3 is 9.63 Å². The number of hydrogen-bond donors (Lipinski definition) is 1. The first-order chi connectivity index (χ1) is 15.8. The van der Waals surface area contributed by atoms with Gasteiger partial charge >= 0.3 is 0 Å². The van der Waals surface area contributed by atoms with Gasteiger partial charge in [0.2, 0.25) is 0 Å². The second kappa shape index (κ2) is 8.95. The third kappa shape index (κ3) is 3.68. The van der Waals surface area contributed by atoms with Gasteiger partial charge in [-0.25, -0.2) is 0 Å². The first-order valence-corrected chi connectivity index (χ1v) is 11.0. The molecule has 1 saturated heterocycles. The molecule has 1 unspecified atom stereocenters. The van der Waals surface area contributed by atoms with Crippen molar-refractivity contribution in [1.82, 2.24) is 10.1 Å². The number of likely N-dealkylation sites (tertiary alicyclic amines) is 1. The molecule has 32 heavy (non-hydrogen) atoms. The predicted octanol–water partition coefficient (Wildman–Crippen LogP) is 5.12. The van der Waals surface area contributed by atoms with Gasteiger partial charge in [-0.05, 0) is 34.8 Å². The Hall–Kier alpha value is -3.47. The average molecular weight is 423 g/mol. The highest BCUT2D eigenvalue weighted by Gasteiger charge is 2.44. The molecule has 2 heterocycles. The van der Waals surface area contributed by atoms with Gasteiger partial charge in [0.05, 0.1) is 11.6 Å². The van der Waals surface area contributed by atoms with Gasteiger partial charge in [0.25, 0.3) is 0 Å². The SMILES string of the molecule is OC1CCN(C(c2ccccc2)(c2ccccc2)c2ccccc2)CC1=Cc1ccon1. The minimum absolute atomic E-state index is 0.493. The Kier molecular flexibility index (Phi) is 5.71. The molecule has 0 radical (unpaired) electrons. The molecule has 4 heteroatoms. The lowest BCUT2D eigenvalue weighted by atomic mass is 9.74. The lowest BCUT2D eigenvalue weighted by molar-refractivity contribution is 0.0871. The van der Waals surface area contributed by atoms with Crippen LogP contribution in [0, 0.1) is 0 Å². The van der Waals surface area contributed by atoms with Crippen LogP contribution in [0.15, 0.2) is 113 Å². The summed E-state index contributed by atoms with van der Waals surface area (Å²) in [4.78, 5) is 2.48. The Morgan fingerprint density at radius 1 is 0.812 bits per heavy atom. The van der Waals surface area contributed by atoms with E-state index in [1.165, 1.54) is 16.7 Å². The lowest BCUT2D eigenvalue weighted by Crippen LogP contribution is -2.52. The van der Waals surface area contributed by atoms with E-state index in [1.807, 2.05) is 12.1 Å². The van der Waals surface area contributed by atoms with E-state index in [-0.39, 0.29) is 0 Å². The maximum absolute atomic E-state index is 10.8. The number of hydrogen-bond acceptors (Lipinski definition) is 4. The van der Waals surface area contributed by atoms with Crippen LogP contribution in [0.3, 0.4) is 0 Å². The molecule has 1 aliphatic heterocycles. The van der Waals surface area contributed by atoms with E-state index in [0.29, 0.717) is 13.0 Å². The molecule has 0 aliphatic carbocycles. The maximum atomic E-state index is 10.8. The second-order valence-corrected chi connectivity index (χ2v) is 8.18. The summed E-state index contributed by atoms with van der Waals surface area (Å²) in [7, 11) is 0. The van der Waals surface area contributed by atoms with E-state index in [2.05, 4.69) is 101 Å². The van der Waals surface area contributed by atoms with E-state index < -0.39 is 11.6 Å². The van der Waals surface area contributed by atoms with Crippen LogP contribution in [0.4, 0.5) is 0 Å². The second-order valence-electron chi connectivity index (χ2n) is 8.18. The molecule has 1 fully saturated rings. The molecule has 5 rings (SSSR count). The molecule has 1 aromatic heterocycles. The number of rotatable bonds is 5. The van der Waals surface area contributed by atoms with Gasteiger partial charge in [-0.15, -0.1) is 0 Å². The van der Waals surface area contributed by atoms with Gasteiger partial charge in [-0.3, -0.25) is 4.90 Å². The summed E-state index contributed by atoms with van der Waals surface area (Å²) >= 11 is 0. The maximum Gasteiger partial charge on any atom is 0.124 e. The summed E-state index contributed by atoms with van der Waals surface area (Å²) in [5, 5.41) is 14.8. The molecule has 3 aromatic carbocycles. The molecule has 0 amide bonds. The lowest BCUT2D eigenvalue weighted by Gasteiger charge is -2.48. The predicted molar refractivity (Wildman–Crippen MR) is 126 cm³/mol. The van der Waals surface area contributed by atoms with Crippen LogP contribution in [-0.2, 0) is 5.54 Å². The van der Waals surface area contributed by atoms with E-state index in [9.17, 15) is 5.11 Å². The summed E-state index contributed by atoms with van der Waals surface area (Å²) in [5.41, 5.74) is 4.79. The zero-order valence-corrected chi connectivity index (χ0v) is 17.8. The monoisotopic (exact) mass is 422 g/mol. The molecule has 0 saturated carbocycles. The molecular formula is C28H26N2O2. The van der Waals surface area contributed by atoms with Crippen molar-refractivity contribution in [1.29, 1.82) is 0 Å². The van der Waals surface area contributed by atoms with Crippen molar-refractivity contribution in [3.05, 3.63) is 131 Å². The Morgan fingerprint density at radius 2 is 1.34 bits per heavy atom. The number of piperidine rings is 1. The van der Waals surface area contributed by atoms with Crippen LogP contribution in [-0.4, -0.2) is 34.4 Å². The zero-order chi connectivity index (χ0) is 21.8. The molecule has 0 bridgehead atoms. The Bertz CT molecular complexity index is 1060. The first-order valence-electron chi connectivity index (χ1n) is 11.0. The van der Waals surface area contributed by atoms with Gasteiger partial charge in [0, 0.05) is 19.2 Å². The number of aliphatic hydroxyl groups excluding tert-OH is 1. The fourth-order valence-corrected chi connectivity index (χ4v) is 4.87. The minimum Gasteiger partial charge on any atom is -0.389 e. The van der Waals surface area contributed by atoms with Crippen molar-refractivity contribution < 1.29 is 9.63 Å². The van der Waals surface area contributed by atoms with Crippen LogP contribution in [0.1, 0.15) is 28.8 Å². The highest BCUT2D eigenvalue weighted by atomic mass is 16.5. The minimum atomic E-state index is -0.497. The molecule has 4 aromatic rings. The summed E-state index contributed by atoms with van der Waals surface area (Å²) in [5.74, 6) is 0. The number of benzene rings is 3. The highest BCUT2D eigenvalue weighted by molar-refractivity contribution is 5.53. The van der Waals surface area contributed by atoms with Gasteiger partial charge in [-0.1, -0.05) is 96.2 Å². The van der Waals surface area contributed by atoms with E-state index in [0.717, 1.165) is 17.8 Å². The molecule has 1 atom stereocenters. The normalized spacial score (nSPS) is 18.7. The number of nitrogens with zero attached hydrogens (tertiary/aromatic N) is 2. The average Bonchev–Trinajstić information content (AvgIpc) is 3.37. The van der Waals surface area contributed by atoms with E-state index in [1.54, 1.807) is 6.26 Å². The third-order valence-corrected chi connectivity index (χ3v) is 6.31. The Morgan fingerprint density at radius 3 is 1.81 bits per heavy atom. The van der Waals surface area contributed by atoms with Crippen molar-refractivity contribution in [2.24, 2.45) is 0 Å². The summed E-state index contributed by atoms with van der Waals surface area (Å²) in [6.07, 6.45) is 3.66. The largest absolute Gasteiger partial charge is 0.389 e. The Labute approximate surface area is 188 Å². The number of aliphatic hydroxyl groups is 1. The fraction of sp³-hybridized carbons (Fsp3) is 0.179. The Balaban J connectivity index is 1.71. The van der Waals surface area contributed by atoms with Crippen LogP contribution < -0.4 is 0 Å². The quantitative estimate of drug-likeness (QED) is 0.454. The van der Waals surface area contributed by atoms with Crippen LogP contribution in [0.5, 0.6) is 0 Å². The molecule has 1 aliphatic rings. The first kappa shape index (κ1) is 20.4. The van der Waals surface area contributed by atoms with Crippen molar-refractivity contribution in [2.45, 2.75) is 18.1 Å². The summed E-state index contributed by atoms with van der Waals surface area (Å²) in [6.45, 7) is 1.38. The van der Waals surface area contributed by atoms with Crippen molar-refractivity contribution in [3.8, 4) is 0 Å². The molecular weight excluding hydrogens is 396 g/mol. The van der Waals surface area contributed by atoms with Gasteiger partial charge in [0.1, 0.15) is 12.0 Å². The van der Waals surface area contributed by atoms with E-state index >= 15 is 0 Å². The summed E-state index contributed by atoms with van der Waals surface area (Å²) < 4.78 is 5.00. The van der Waals surface area contributed by atoms with Crippen molar-refractivity contribution in [2.75, 3.05) is 13.1 Å².